The summed E-state index contributed by atoms with van der Waals surface area (Å²) < 4.78 is 0. The van der Waals surface area contributed by atoms with Crippen LogP contribution < -0.4 is 0 Å². The number of carbonyl (C=O) groups excluding carboxylic acids is 1. The van der Waals surface area contributed by atoms with E-state index in [1.54, 1.807) is 5.01 Å². The van der Waals surface area contributed by atoms with Gasteiger partial charge in [-0.15, -0.1) is 0 Å². The lowest BCUT2D eigenvalue weighted by Gasteiger charge is -2.21. The summed E-state index contributed by atoms with van der Waals surface area (Å²) >= 11 is 0. The molecule has 0 unspecified atom stereocenters. The van der Waals surface area contributed by atoms with Crippen molar-refractivity contribution in [1.29, 1.82) is 0 Å². The van der Waals surface area contributed by atoms with Crippen molar-refractivity contribution in [2.24, 2.45) is 5.10 Å². The molecule has 0 saturated carbocycles. The van der Waals surface area contributed by atoms with E-state index >= 15 is 0 Å². The number of nitrogens with zero attached hydrogens (tertiary/aromatic N) is 2. The number of hydrazone groups is 1. The quantitative estimate of drug-likeness (QED) is 0.632. The smallest absolute Gasteiger partial charge is 0.243 e. The lowest BCUT2D eigenvalue weighted by molar-refractivity contribution is -0.131. The van der Waals surface area contributed by atoms with E-state index in [0.29, 0.717) is 6.42 Å². The molecule has 0 bridgehead atoms. The van der Waals surface area contributed by atoms with Gasteiger partial charge in [0.05, 0.1) is 0 Å². The second-order valence-corrected chi connectivity index (χ2v) is 3.21. The third kappa shape index (κ3) is 2.32. The van der Waals surface area contributed by atoms with Crippen LogP contribution in [0.2, 0.25) is 0 Å². The zero-order valence-corrected chi connectivity index (χ0v) is 7.84. The molecule has 0 aromatic heterocycles. The van der Waals surface area contributed by atoms with Crippen LogP contribution >= 0.6 is 0 Å². The van der Waals surface area contributed by atoms with E-state index in [0.717, 1.165) is 31.5 Å². The summed E-state index contributed by atoms with van der Waals surface area (Å²) in [6.07, 6.45) is 3.63. The first-order chi connectivity index (χ1) is 5.74. The maximum absolute atomic E-state index is 11.3. The summed E-state index contributed by atoms with van der Waals surface area (Å²) in [4.78, 5) is 11.3. The van der Waals surface area contributed by atoms with Crippen LogP contribution in [0.4, 0.5) is 0 Å². The minimum absolute atomic E-state index is 0.175. The minimum Gasteiger partial charge on any atom is -0.273 e. The van der Waals surface area contributed by atoms with Crippen molar-refractivity contribution in [1.82, 2.24) is 5.01 Å². The molecule has 1 aliphatic rings. The highest BCUT2D eigenvalue weighted by atomic mass is 16.2. The fourth-order valence-corrected chi connectivity index (χ4v) is 1.21. The Labute approximate surface area is 73.4 Å². The van der Waals surface area contributed by atoms with Crippen LogP contribution in [0, 0.1) is 0 Å². The third-order valence-corrected chi connectivity index (χ3v) is 2.00. The maximum Gasteiger partial charge on any atom is 0.243 e. The summed E-state index contributed by atoms with van der Waals surface area (Å²) in [6, 6.07) is 0. The van der Waals surface area contributed by atoms with Gasteiger partial charge < -0.3 is 0 Å². The summed E-state index contributed by atoms with van der Waals surface area (Å²) in [5.41, 5.74) is 1.07. The predicted molar refractivity (Wildman–Crippen MR) is 49.0 cm³/mol. The predicted octanol–water partition coefficient (Wildman–Crippen LogP) is 1.78. The van der Waals surface area contributed by atoms with E-state index in [1.165, 1.54) is 0 Å². The highest BCUT2D eigenvalue weighted by Crippen LogP contribution is 2.09. The molecule has 0 aromatic rings. The largest absolute Gasteiger partial charge is 0.273 e. The molecule has 0 aromatic carbocycles. The lowest BCUT2D eigenvalue weighted by atomic mass is 10.2. The number of carbonyl (C=O) groups is 1. The SMILES string of the molecule is CCCCN1N=C(C)CCC1=O. The average Bonchev–Trinajstić information content (AvgIpc) is 2.07. The number of unbranched alkanes of at least 4 members (excludes halogenated alkanes) is 1. The molecular formula is C9H16N2O. The molecule has 3 nitrogen and oxygen atoms in total. The Hall–Kier alpha value is -0.860. The molecular weight excluding hydrogens is 152 g/mol. The number of amides is 1. The molecule has 0 fully saturated rings. The van der Waals surface area contributed by atoms with Gasteiger partial charge in [-0.25, -0.2) is 5.01 Å². The van der Waals surface area contributed by atoms with Gasteiger partial charge in [-0.05, 0) is 19.8 Å². The van der Waals surface area contributed by atoms with Crippen LogP contribution in [0.1, 0.15) is 39.5 Å². The van der Waals surface area contributed by atoms with Crippen molar-refractivity contribution in [3.8, 4) is 0 Å². The topological polar surface area (TPSA) is 32.7 Å². The highest BCUT2D eigenvalue weighted by Gasteiger charge is 2.16. The third-order valence-electron chi connectivity index (χ3n) is 2.00. The highest BCUT2D eigenvalue weighted by molar-refractivity contribution is 5.90. The molecule has 0 atom stereocenters. The number of rotatable bonds is 3. The van der Waals surface area contributed by atoms with E-state index in [1.807, 2.05) is 6.92 Å². The Bertz CT molecular complexity index is 199. The van der Waals surface area contributed by atoms with E-state index in [4.69, 9.17) is 0 Å². The molecule has 0 spiro atoms. The fourth-order valence-electron chi connectivity index (χ4n) is 1.21. The molecule has 0 aliphatic carbocycles. The van der Waals surface area contributed by atoms with Crippen molar-refractivity contribution in [3.05, 3.63) is 0 Å². The molecule has 1 rings (SSSR count). The Morgan fingerprint density at radius 1 is 1.50 bits per heavy atom. The lowest BCUT2D eigenvalue weighted by Crippen LogP contribution is -2.31. The van der Waals surface area contributed by atoms with Crippen molar-refractivity contribution in [2.75, 3.05) is 6.54 Å². The summed E-state index contributed by atoms with van der Waals surface area (Å²) in [6.45, 7) is 4.88. The van der Waals surface area contributed by atoms with Gasteiger partial charge in [-0.1, -0.05) is 13.3 Å². The molecule has 12 heavy (non-hydrogen) atoms. The van der Waals surface area contributed by atoms with E-state index in [-0.39, 0.29) is 5.91 Å². The summed E-state index contributed by atoms with van der Waals surface area (Å²) in [7, 11) is 0. The molecule has 0 radical (unpaired) electrons. The van der Waals surface area contributed by atoms with Gasteiger partial charge in [0.1, 0.15) is 0 Å². The van der Waals surface area contributed by atoms with Gasteiger partial charge in [-0.3, -0.25) is 4.79 Å². The van der Waals surface area contributed by atoms with Crippen LogP contribution in [0.3, 0.4) is 0 Å². The molecule has 68 valence electrons. The first-order valence-electron chi connectivity index (χ1n) is 4.58. The number of hydrogen-bond acceptors (Lipinski definition) is 2. The average molecular weight is 168 g/mol. The first-order valence-corrected chi connectivity index (χ1v) is 4.58. The van der Waals surface area contributed by atoms with Crippen molar-refractivity contribution in [3.63, 3.8) is 0 Å². The fraction of sp³-hybridized carbons (Fsp3) is 0.778. The van der Waals surface area contributed by atoms with Crippen molar-refractivity contribution >= 4 is 11.6 Å². The van der Waals surface area contributed by atoms with Crippen LogP contribution in [0.25, 0.3) is 0 Å². The molecule has 0 N–H and O–H groups in total. The molecule has 0 saturated heterocycles. The van der Waals surface area contributed by atoms with Crippen LogP contribution in [-0.4, -0.2) is 23.2 Å². The first kappa shape index (κ1) is 9.23. The zero-order valence-electron chi connectivity index (χ0n) is 7.84. The van der Waals surface area contributed by atoms with Crippen molar-refractivity contribution in [2.45, 2.75) is 39.5 Å². The van der Waals surface area contributed by atoms with Gasteiger partial charge in [0.25, 0.3) is 0 Å². The standard InChI is InChI=1S/C9H16N2O/c1-3-4-7-11-9(12)6-5-8(2)10-11/h3-7H2,1-2H3. The Morgan fingerprint density at radius 2 is 2.25 bits per heavy atom. The monoisotopic (exact) mass is 168 g/mol. The summed E-state index contributed by atoms with van der Waals surface area (Å²) in [5, 5.41) is 5.81. The molecule has 1 aliphatic heterocycles. The van der Waals surface area contributed by atoms with Crippen molar-refractivity contribution < 1.29 is 4.79 Å². The Kier molecular flexibility index (Phi) is 3.26. The van der Waals surface area contributed by atoms with Gasteiger partial charge in [0, 0.05) is 18.7 Å². The van der Waals surface area contributed by atoms with Crippen LogP contribution in [-0.2, 0) is 4.79 Å². The van der Waals surface area contributed by atoms with E-state index in [2.05, 4.69) is 12.0 Å². The number of hydrogen-bond donors (Lipinski definition) is 0. The Morgan fingerprint density at radius 3 is 2.92 bits per heavy atom. The zero-order chi connectivity index (χ0) is 8.97. The maximum atomic E-state index is 11.3. The minimum atomic E-state index is 0.175. The molecule has 1 heterocycles. The Balaban J connectivity index is 2.48. The van der Waals surface area contributed by atoms with Crippen LogP contribution in [0.15, 0.2) is 5.10 Å². The normalized spacial score (nSPS) is 18.0. The molecule has 1 amide bonds. The van der Waals surface area contributed by atoms with E-state index in [9.17, 15) is 4.79 Å². The summed E-state index contributed by atoms with van der Waals surface area (Å²) in [5.74, 6) is 0.175. The molecule has 3 heteroatoms. The van der Waals surface area contributed by atoms with Gasteiger partial charge in [0.15, 0.2) is 0 Å². The van der Waals surface area contributed by atoms with Crippen LogP contribution in [0.5, 0.6) is 0 Å². The van der Waals surface area contributed by atoms with Gasteiger partial charge >= 0.3 is 0 Å². The van der Waals surface area contributed by atoms with Gasteiger partial charge in [0.2, 0.25) is 5.91 Å². The second-order valence-electron chi connectivity index (χ2n) is 3.21. The van der Waals surface area contributed by atoms with Gasteiger partial charge in [-0.2, -0.15) is 5.10 Å². The van der Waals surface area contributed by atoms with E-state index < -0.39 is 0 Å². The second kappa shape index (κ2) is 4.24.